The smallest absolute Gasteiger partial charge is 0.271 e. The zero-order chi connectivity index (χ0) is 19.1. The van der Waals surface area contributed by atoms with Gasteiger partial charge in [-0.1, -0.05) is 6.07 Å². The van der Waals surface area contributed by atoms with Gasteiger partial charge < -0.3 is 20.7 Å². The second-order valence-electron chi connectivity index (χ2n) is 6.49. The summed E-state index contributed by atoms with van der Waals surface area (Å²) in [5, 5.41) is 13.2. The van der Waals surface area contributed by atoms with Gasteiger partial charge in [-0.2, -0.15) is 5.10 Å². The van der Waals surface area contributed by atoms with E-state index >= 15 is 0 Å². The third-order valence-corrected chi connectivity index (χ3v) is 4.30. The summed E-state index contributed by atoms with van der Waals surface area (Å²) in [6.07, 6.45) is 4.05. The molecule has 8 nitrogen and oxygen atoms in total. The number of aromatic nitrogens is 2. The summed E-state index contributed by atoms with van der Waals surface area (Å²) in [4.78, 5) is 23.3. The molecule has 0 bridgehead atoms. The first kappa shape index (κ1) is 21.7. The van der Waals surface area contributed by atoms with Crippen molar-refractivity contribution >= 4 is 29.9 Å². The van der Waals surface area contributed by atoms with E-state index in [4.69, 9.17) is 4.74 Å². The van der Waals surface area contributed by atoms with Crippen molar-refractivity contribution in [1.29, 1.82) is 0 Å². The van der Waals surface area contributed by atoms with Gasteiger partial charge in [-0.05, 0) is 37.6 Å². The molecular formula is C19H26ClN5O3. The van der Waals surface area contributed by atoms with Crippen LogP contribution in [-0.4, -0.2) is 47.8 Å². The molecule has 0 radical (unpaired) electrons. The first-order valence-corrected chi connectivity index (χ1v) is 9.16. The highest BCUT2D eigenvalue weighted by molar-refractivity contribution is 5.92. The van der Waals surface area contributed by atoms with Crippen molar-refractivity contribution in [2.75, 3.05) is 31.6 Å². The number of piperidine rings is 1. The Morgan fingerprint density at radius 3 is 2.96 bits per heavy atom. The summed E-state index contributed by atoms with van der Waals surface area (Å²) in [5.74, 6) is 0.278. The lowest BCUT2D eigenvalue weighted by Crippen LogP contribution is -2.32. The number of carbonyl (C=O) groups excluding carboxylic acids is 2. The number of nitrogens with one attached hydrogen (secondary N) is 3. The predicted molar refractivity (Wildman–Crippen MR) is 109 cm³/mol. The van der Waals surface area contributed by atoms with Gasteiger partial charge in [0.25, 0.3) is 5.91 Å². The Morgan fingerprint density at radius 1 is 1.36 bits per heavy atom. The van der Waals surface area contributed by atoms with Crippen LogP contribution in [0.3, 0.4) is 0 Å². The van der Waals surface area contributed by atoms with Crippen molar-refractivity contribution in [3.63, 3.8) is 0 Å². The van der Waals surface area contributed by atoms with Crippen LogP contribution < -0.4 is 20.7 Å². The molecule has 9 heteroatoms. The van der Waals surface area contributed by atoms with Gasteiger partial charge in [-0.15, -0.1) is 12.4 Å². The van der Waals surface area contributed by atoms with Gasteiger partial charge in [-0.25, -0.2) is 0 Å². The topological polar surface area (TPSA) is 97.3 Å². The van der Waals surface area contributed by atoms with E-state index in [2.05, 4.69) is 21.0 Å². The molecule has 3 N–H and O–H groups in total. The van der Waals surface area contributed by atoms with E-state index in [9.17, 15) is 9.59 Å². The Balaban J connectivity index is 0.00000280. The number of benzene rings is 1. The molecule has 1 unspecified atom stereocenters. The normalized spacial score (nSPS) is 16.0. The van der Waals surface area contributed by atoms with Crippen molar-refractivity contribution in [3.8, 4) is 5.75 Å². The van der Waals surface area contributed by atoms with Crippen molar-refractivity contribution in [2.24, 2.45) is 0 Å². The van der Waals surface area contributed by atoms with Gasteiger partial charge >= 0.3 is 0 Å². The second-order valence-corrected chi connectivity index (χ2v) is 6.49. The number of ether oxygens (including phenoxy) is 1. The predicted octanol–water partition coefficient (Wildman–Crippen LogP) is 2.00. The van der Waals surface area contributed by atoms with Crippen molar-refractivity contribution in [2.45, 2.75) is 25.8 Å². The van der Waals surface area contributed by atoms with E-state index in [0.717, 1.165) is 25.9 Å². The molecule has 3 rings (SSSR count). The summed E-state index contributed by atoms with van der Waals surface area (Å²) < 4.78 is 7.48. The van der Waals surface area contributed by atoms with Gasteiger partial charge in [0.1, 0.15) is 18.1 Å². The second kappa shape index (κ2) is 10.7. The minimum absolute atomic E-state index is 0. The highest BCUT2D eigenvalue weighted by Crippen LogP contribution is 2.17. The standard InChI is InChI=1S/C19H25N5O3.ClH/c1-14(25)22-15-4-2-6-17(12-15)27-11-9-21-19(26)18-7-10-24(23-18)16-5-3-8-20-13-16;/h2,4,6-7,10,12,16,20H,3,5,8-9,11,13H2,1H3,(H,21,26)(H,22,25);1H. The third-order valence-electron chi connectivity index (χ3n) is 4.30. The van der Waals surface area contributed by atoms with Crippen LogP contribution in [0.4, 0.5) is 5.69 Å². The number of anilines is 1. The number of hydrogen-bond donors (Lipinski definition) is 3. The average molecular weight is 408 g/mol. The molecule has 2 amide bonds. The lowest BCUT2D eigenvalue weighted by molar-refractivity contribution is -0.114. The van der Waals surface area contributed by atoms with Crippen molar-refractivity contribution in [3.05, 3.63) is 42.2 Å². The number of amides is 2. The first-order chi connectivity index (χ1) is 13.1. The molecule has 2 aromatic rings. The van der Waals surface area contributed by atoms with E-state index in [1.807, 2.05) is 10.9 Å². The molecule has 1 aromatic carbocycles. The largest absolute Gasteiger partial charge is 0.492 e. The highest BCUT2D eigenvalue weighted by Gasteiger charge is 2.17. The molecule has 1 aromatic heterocycles. The monoisotopic (exact) mass is 407 g/mol. The molecule has 1 fully saturated rings. The van der Waals surface area contributed by atoms with Crippen molar-refractivity contribution in [1.82, 2.24) is 20.4 Å². The van der Waals surface area contributed by atoms with E-state index in [1.54, 1.807) is 30.3 Å². The van der Waals surface area contributed by atoms with Crippen LogP contribution >= 0.6 is 12.4 Å². The summed E-state index contributed by atoms with van der Waals surface area (Å²) >= 11 is 0. The lowest BCUT2D eigenvalue weighted by atomic mass is 10.1. The first-order valence-electron chi connectivity index (χ1n) is 9.16. The Bertz CT molecular complexity index is 789. The fourth-order valence-electron chi connectivity index (χ4n) is 3.01. The fraction of sp³-hybridized carbons (Fsp3) is 0.421. The molecule has 1 aliphatic heterocycles. The van der Waals surface area contributed by atoms with Crippen LogP contribution in [0.15, 0.2) is 36.5 Å². The third kappa shape index (κ3) is 6.24. The molecule has 1 saturated heterocycles. The maximum Gasteiger partial charge on any atom is 0.271 e. The minimum atomic E-state index is -0.215. The average Bonchev–Trinajstić information content (AvgIpc) is 3.16. The molecular weight excluding hydrogens is 382 g/mol. The molecule has 0 saturated carbocycles. The Hall–Kier alpha value is -2.58. The van der Waals surface area contributed by atoms with Gasteiger partial charge in [0.15, 0.2) is 0 Å². The SMILES string of the molecule is CC(=O)Nc1cccc(OCCNC(=O)c2ccn(C3CCCNC3)n2)c1.Cl. The number of rotatable bonds is 7. The number of hydrogen-bond acceptors (Lipinski definition) is 5. The number of nitrogens with zero attached hydrogens (tertiary/aromatic N) is 2. The summed E-state index contributed by atoms with van der Waals surface area (Å²) in [5.41, 5.74) is 1.08. The van der Waals surface area contributed by atoms with Crippen LogP contribution in [-0.2, 0) is 4.79 Å². The Morgan fingerprint density at radius 2 is 2.21 bits per heavy atom. The lowest BCUT2D eigenvalue weighted by Gasteiger charge is -2.22. The van der Waals surface area contributed by atoms with Gasteiger partial charge in [0.2, 0.25) is 5.91 Å². The van der Waals surface area contributed by atoms with Crippen LogP contribution in [0.2, 0.25) is 0 Å². The van der Waals surface area contributed by atoms with Gasteiger partial charge in [0.05, 0.1) is 12.6 Å². The summed E-state index contributed by atoms with van der Waals surface area (Å²) in [6.45, 7) is 4.06. The zero-order valence-electron chi connectivity index (χ0n) is 15.8. The van der Waals surface area contributed by atoms with Crippen molar-refractivity contribution < 1.29 is 14.3 Å². The molecule has 0 spiro atoms. The Kier molecular flexibility index (Phi) is 8.28. The number of carbonyl (C=O) groups is 2. The van der Waals surface area contributed by atoms with Crippen LogP contribution in [0.1, 0.15) is 36.3 Å². The van der Waals surface area contributed by atoms with Crippen LogP contribution in [0.5, 0.6) is 5.75 Å². The van der Waals surface area contributed by atoms with Crippen LogP contribution in [0.25, 0.3) is 0 Å². The molecule has 0 aliphatic carbocycles. The minimum Gasteiger partial charge on any atom is -0.492 e. The Labute approximate surface area is 170 Å². The molecule has 28 heavy (non-hydrogen) atoms. The summed E-state index contributed by atoms with van der Waals surface area (Å²) in [7, 11) is 0. The molecule has 1 atom stereocenters. The molecule has 1 aliphatic rings. The quantitative estimate of drug-likeness (QED) is 0.610. The van der Waals surface area contributed by atoms with E-state index in [-0.39, 0.29) is 24.2 Å². The van der Waals surface area contributed by atoms with E-state index in [0.29, 0.717) is 36.3 Å². The highest BCUT2D eigenvalue weighted by atomic mass is 35.5. The zero-order valence-corrected chi connectivity index (χ0v) is 16.6. The molecule has 152 valence electrons. The maximum atomic E-state index is 12.2. The molecule has 2 heterocycles. The van der Waals surface area contributed by atoms with Gasteiger partial charge in [-0.3, -0.25) is 14.3 Å². The fourth-order valence-corrected chi connectivity index (χ4v) is 3.01. The van der Waals surface area contributed by atoms with Gasteiger partial charge in [0, 0.05) is 31.4 Å². The maximum absolute atomic E-state index is 12.2. The van der Waals surface area contributed by atoms with E-state index in [1.165, 1.54) is 6.92 Å². The van der Waals surface area contributed by atoms with Crippen LogP contribution in [0, 0.1) is 0 Å². The number of halogens is 1. The summed E-state index contributed by atoms with van der Waals surface area (Å²) in [6, 6.07) is 9.16. The van der Waals surface area contributed by atoms with E-state index < -0.39 is 0 Å².